The van der Waals surface area contributed by atoms with Gasteiger partial charge < -0.3 is 9.84 Å². The van der Waals surface area contributed by atoms with Crippen molar-refractivity contribution in [1.29, 1.82) is 0 Å². The average molecular weight is 301 g/mol. The standard InChI is InChI=1S/C17H23N3O2/c1-3-20-8-4-5-13(20)11-18-17(21)10-15-14-9-12(2)6-7-16(14)22-19-15/h6-7,9,13H,3-5,8,10-11H2,1-2H3,(H,18,21). The Balaban J connectivity index is 1.60. The first-order valence-corrected chi connectivity index (χ1v) is 8.03. The Hall–Kier alpha value is -1.88. The van der Waals surface area contributed by atoms with Gasteiger partial charge in [0, 0.05) is 18.0 Å². The number of hydrogen-bond donors (Lipinski definition) is 1. The third-order valence-electron chi connectivity index (χ3n) is 4.47. The summed E-state index contributed by atoms with van der Waals surface area (Å²) in [6.07, 6.45) is 2.66. The molecule has 3 rings (SSSR count). The lowest BCUT2D eigenvalue weighted by Gasteiger charge is -2.22. The molecule has 5 heteroatoms. The monoisotopic (exact) mass is 301 g/mol. The summed E-state index contributed by atoms with van der Waals surface area (Å²) in [5.74, 6) is 0.0136. The van der Waals surface area contributed by atoms with E-state index in [0.29, 0.717) is 6.04 Å². The van der Waals surface area contributed by atoms with E-state index >= 15 is 0 Å². The lowest BCUT2D eigenvalue weighted by atomic mass is 10.1. The number of nitrogens with zero attached hydrogens (tertiary/aromatic N) is 2. The quantitative estimate of drug-likeness (QED) is 0.920. The second-order valence-corrected chi connectivity index (χ2v) is 6.03. The van der Waals surface area contributed by atoms with E-state index in [2.05, 4.69) is 22.3 Å². The summed E-state index contributed by atoms with van der Waals surface area (Å²) in [6.45, 7) is 7.11. The molecule has 22 heavy (non-hydrogen) atoms. The summed E-state index contributed by atoms with van der Waals surface area (Å²) >= 11 is 0. The topological polar surface area (TPSA) is 58.4 Å². The summed E-state index contributed by atoms with van der Waals surface area (Å²) in [4.78, 5) is 14.6. The van der Waals surface area contributed by atoms with Crippen molar-refractivity contribution in [2.45, 2.75) is 39.2 Å². The number of fused-ring (bicyclic) bond motifs is 1. The van der Waals surface area contributed by atoms with Gasteiger partial charge in [0.25, 0.3) is 0 Å². The van der Waals surface area contributed by atoms with Crippen LogP contribution in [0.4, 0.5) is 0 Å². The van der Waals surface area contributed by atoms with E-state index in [1.165, 1.54) is 12.8 Å². The lowest BCUT2D eigenvalue weighted by Crippen LogP contribution is -2.40. The predicted molar refractivity (Wildman–Crippen MR) is 85.7 cm³/mol. The predicted octanol–water partition coefficient (Wildman–Crippen LogP) is 2.28. The Labute approximate surface area is 130 Å². The Kier molecular flexibility index (Phi) is 4.43. The largest absolute Gasteiger partial charge is 0.356 e. The van der Waals surface area contributed by atoms with Crippen molar-refractivity contribution in [2.24, 2.45) is 0 Å². The molecule has 1 atom stereocenters. The van der Waals surface area contributed by atoms with Gasteiger partial charge in [-0.25, -0.2) is 0 Å². The highest BCUT2D eigenvalue weighted by Crippen LogP contribution is 2.20. The number of rotatable bonds is 5. The minimum Gasteiger partial charge on any atom is -0.356 e. The molecule has 2 aromatic rings. The second-order valence-electron chi connectivity index (χ2n) is 6.03. The van der Waals surface area contributed by atoms with Gasteiger partial charge in [-0.1, -0.05) is 23.7 Å². The van der Waals surface area contributed by atoms with E-state index in [-0.39, 0.29) is 12.3 Å². The van der Waals surface area contributed by atoms with Crippen LogP contribution in [0.15, 0.2) is 22.7 Å². The molecule has 0 aliphatic carbocycles. The molecular weight excluding hydrogens is 278 g/mol. The number of carbonyl (C=O) groups is 1. The molecule has 1 aliphatic heterocycles. The molecule has 0 spiro atoms. The number of aryl methyl sites for hydroxylation is 1. The molecule has 1 saturated heterocycles. The third-order valence-corrected chi connectivity index (χ3v) is 4.47. The zero-order valence-corrected chi connectivity index (χ0v) is 13.3. The van der Waals surface area contributed by atoms with E-state index in [0.717, 1.165) is 41.9 Å². The molecule has 1 fully saturated rings. The summed E-state index contributed by atoms with van der Waals surface area (Å²) in [6, 6.07) is 6.38. The molecule has 0 saturated carbocycles. The number of amides is 1. The maximum atomic E-state index is 12.2. The molecule has 1 aromatic heterocycles. The van der Waals surface area contributed by atoms with Crippen LogP contribution in [0.3, 0.4) is 0 Å². The SMILES string of the molecule is CCN1CCCC1CNC(=O)Cc1noc2ccc(C)cc12. The van der Waals surface area contributed by atoms with E-state index in [4.69, 9.17) is 4.52 Å². The zero-order valence-electron chi connectivity index (χ0n) is 13.3. The van der Waals surface area contributed by atoms with Gasteiger partial charge in [0.2, 0.25) is 5.91 Å². The molecule has 1 aliphatic rings. The Morgan fingerprint density at radius 3 is 3.18 bits per heavy atom. The fraction of sp³-hybridized carbons (Fsp3) is 0.529. The van der Waals surface area contributed by atoms with Crippen molar-refractivity contribution in [2.75, 3.05) is 19.6 Å². The van der Waals surface area contributed by atoms with Gasteiger partial charge >= 0.3 is 0 Å². The highest BCUT2D eigenvalue weighted by atomic mass is 16.5. The van der Waals surface area contributed by atoms with Gasteiger partial charge in [-0.15, -0.1) is 0 Å². The zero-order chi connectivity index (χ0) is 15.5. The first kappa shape index (κ1) is 15.0. The normalized spacial score (nSPS) is 18.9. The highest BCUT2D eigenvalue weighted by Gasteiger charge is 2.23. The van der Waals surface area contributed by atoms with E-state index in [1.54, 1.807) is 0 Å². The molecule has 1 unspecified atom stereocenters. The minimum atomic E-state index is 0.0136. The van der Waals surface area contributed by atoms with Crippen molar-refractivity contribution in [3.05, 3.63) is 29.5 Å². The average Bonchev–Trinajstić information content (AvgIpc) is 3.12. The van der Waals surface area contributed by atoms with Crippen molar-refractivity contribution in [3.8, 4) is 0 Å². The number of likely N-dealkylation sites (N-methyl/N-ethyl adjacent to an activating group) is 1. The first-order chi connectivity index (χ1) is 10.7. The molecule has 0 radical (unpaired) electrons. The number of carbonyl (C=O) groups excluding carboxylic acids is 1. The van der Waals surface area contributed by atoms with Gasteiger partial charge in [0.15, 0.2) is 5.58 Å². The Morgan fingerprint density at radius 2 is 2.36 bits per heavy atom. The summed E-state index contributed by atoms with van der Waals surface area (Å²) in [7, 11) is 0. The Bertz CT molecular complexity index is 665. The van der Waals surface area contributed by atoms with Crippen LogP contribution in [0.5, 0.6) is 0 Å². The van der Waals surface area contributed by atoms with Gasteiger partial charge in [0.05, 0.1) is 6.42 Å². The minimum absolute atomic E-state index is 0.0136. The van der Waals surface area contributed by atoms with Crippen molar-refractivity contribution >= 4 is 16.9 Å². The van der Waals surface area contributed by atoms with E-state index < -0.39 is 0 Å². The van der Waals surface area contributed by atoms with E-state index in [1.807, 2.05) is 25.1 Å². The van der Waals surface area contributed by atoms with Crippen LogP contribution in [-0.4, -0.2) is 41.6 Å². The number of nitrogens with one attached hydrogen (secondary N) is 1. The van der Waals surface area contributed by atoms with Crippen LogP contribution in [0.1, 0.15) is 31.0 Å². The van der Waals surface area contributed by atoms with Crippen LogP contribution in [0, 0.1) is 6.92 Å². The molecule has 1 N–H and O–H groups in total. The smallest absolute Gasteiger partial charge is 0.226 e. The fourth-order valence-corrected chi connectivity index (χ4v) is 3.22. The lowest BCUT2D eigenvalue weighted by molar-refractivity contribution is -0.120. The number of aromatic nitrogens is 1. The summed E-state index contributed by atoms with van der Waals surface area (Å²) in [5, 5.41) is 8.02. The first-order valence-electron chi connectivity index (χ1n) is 8.03. The van der Waals surface area contributed by atoms with Gasteiger partial charge in [-0.2, -0.15) is 0 Å². The van der Waals surface area contributed by atoms with Crippen LogP contribution >= 0.6 is 0 Å². The van der Waals surface area contributed by atoms with Crippen LogP contribution < -0.4 is 5.32 Å². The second kappa shape index (κ2) is 6.48. The highest BCUT2D eigenvalue weighted by molar-refractivity contribution is 5.86. The van der Waals surface area contributed by atoms with Crippen LogP contribution in [0.2, 0.25) is 0 Å². The van der Waals surface area contributed by atoms with Crippen molar-refractivity contribution in [3.63, 3.8) is 0 Å². The number of likely N-dealkylation sites (tertiary alicyclic amines) is 1. The van der Waals surface area contributed by atoms with Crippen LogP contribution in [-0.2, 0) is 11.2 Å². The maximum Gasteiger partial charge on any atom is 0.226 e. The third kappa shape index (κ3) is 3.14. The Morgan fingerprint density at radius 1 is 1.50 bits per heavy atom. The molecule has 1 aromatic carbocycles. The van der Waals surface area contributed by atoms with Crippen molar-refractivity contribution < 1.29 is 9.32 Å². The molecule has 5 nitrogen and oxygen atoms in total. The van der Waals surface area contributed by atoms with Crippen LogP contribution in [0.25, 0.3) is 11.0 Å². The van der Waals surface area contributed by atoms with Gasteiger partial charge in [-0.3, -0.25) is 9.69 Å². The molecule has 2 heterocycles. The summed E-state index contributed by atoms with van der Waals surface area (Å²) < 4.78 is 5.28. The molecular formula is C17H23N3O2. The van der Waals surface area contributed by atoms with E-state index in [9.17, 15) is 4.79 Å². The maximum absolute atomic E-state index is 12.2. The number of benzene rings is 1. The molecule has 0 bridgehead atoms. The van der Waals surface area contributed by atoms with Gasteiger partial charge in [0.1, 0.15) is 5.69 Å². The van der Waals surface area contributed by atoms with Crippen molar-refractivity contribution in [1.82, 2.24) is 15.4 Å². The molecule has 1 amide bonds. The number of hydrogen-bond acceptors (Lipinski definition) is 4. The summed E-state index contributed by atoms with van der Waals surface area (Å²) in [5.41, 5.74) is 2.60. The fourth-order valence-electron chi connectivity index (χ4n) is 3.22. The molecule has 118 valence electrons. The van der Waals surface area contributed by atoms with Gasteiger partial charge in [-0.05, 0) is 45.0 Å².